The molecule has 0 saturated carbocycles. The number of benzene rings is 1. The molecule has 0 fully saturated rings. The highest BCUT2D eigenvalue weighted by Gasteiger charge is 2.22. The molecular weight excluding hydrogens is 532 g/mol. The van der Waals surface area contributed by atoms with Crippen LogP contribution in [0.5, 0.6) is 5.75 Å². The number of rotatable bonds is 10. The first-order valence-electron chi connectivity index (χ1n) is 13.1. The molecular formula is C32H30N6O2S. The minimum Gasteiger partial charge on any atom is -0.497 e. The average Bonchev–Trinajstić information content (AvgIpc) is 3.04. The van der Waals surface area contributed by atoms with Gasteiger partial charge in [0.25, 0.3) is 0 Å². The van der Waals surface area contributed by atoms with Crippen LogP contribution in [0.1, 0.15) is 11.4 Å². The van der Waals surface area contributed by atoms with Crippen molar-refractivity contribution in [2.24, 2.45) is 5.73 Å². The SMILES string of the molecule is COc1ccc(-c2cc(-c3ccccn3)nc(-c3cccc(CN(Cc4ccccn4)C(=O)C(N)CS)n3)c2)cc1. The zero-order chi connectivity index (χ0) is 28.6. The second-order valence-corrected chi connectivity index (χ2v) is 9.75. The Balaban J connectivity index is 1.52. The first-order valence-corrected chi connectivity index (χ1v) is 13.8. The van der Waals surface area contributed by atoms with E-state index in [2.05, 4.69) is 22.6 Å². The number of thiol groups is 1. The van der Waals surface area contributed by atoms with Gasteiger partial charge < -0.3 is 15.4 Å². The lowest BCUT2D eigenvalue weighted by Crippen LogP contribution is -2.44. The number of nitrogens with zero attached hydrogens (tertiary/aromatic N) is 5. The van der Waals surface area contributed by atoms with Crippen LogP contribution in [-0.4, -0.2) is 49.6 Å². The van der Waals surface area contributed by atoms with Crippen molar-refractivity contribution in [2.45, 2.75) is 19.1 Å². The van der Waals surface area contributed by atoms with Gasteiger partial charge >= 0.3 is 0 Å². The Bertz CT molecular complexity index is 1600. The van der Waals surface area contributed by atoms with Crippen molar-refractivity contribution in [3.05, 3.63) is 115 Å². The number of carbonyl (C=O) groups is 1. The lowest BCUT2D eigenvalue weighted by molar-refractivity contribution is -0.133. The Hall–Kier alpha value is -4.60. The van der Waals surface area contributed by atoms with E-state index < -0.39 is 6.04 Å². The normalized spacial score (nSPS) is 11.6. The van der Waals surface area contributed by atoms with E-state index in [9.17, 15) is 4.79 Å². The summed E-state index contributed by atoms with van der Waals surface area (Å²) in [5.74, 6) is 0.809. The highest BCUT2D eigenvalue weighted by Crippen LogP contribution is 2.30. The zero-order valence-corrected chi connectivity index (χ0v) is 23.5. The minimum atomic E-state index is -0.728. The molecule has 1 amide bonds. The molecule has 0 aliphatic heterocycles. The first kappa shape index (κ1) is 27.9. The second kappa shape index (κ2) is 13.2. The average molecular weight is 563 g/mol. The lowest BCUT2D eigenvalue weighted by atomic mass is 10.0. The van der Waals surface area contributed by atoms with E-state index in [0.717, 1.165) is 34.0 Å². The van der Waals surface area contributed by atoms with Gasteiger partial charge in [-0.3, -0.25) is 14.8 Å². The van der Waals surface area contributed by atoms with E-state index in [1.807, 2.05) is 91.0 Å². The Kier molecular flexibility index (Phi) is 8.98. The molecule has 0 aliphatic rings. The minimum absolute atomic E-state index is 0.213. The lowest BCUT2D eigenvalue weighted by Gasteiger charge is -2.25. The predicted molar refractivity (Wildman–Crippen MR) is 163 cm³/mol. The van der Waals surface area contributed by atoms with Gasteiger partial charge in [-0.15, -0.1) is 0 Å². The van der Waals surface area contributed by atoms with Gasteiger partial charge in [-0.1, -0.05) is 30.3 Å². The summed E-state index contributed by atoms with van der Waals surface area (Å²) >= 11 is 4.23. The van der Waals surface area contributed by atoms with Gasteiger partial charge in [-0.25, -0.2) is 9.97 Å². The number of carbonyl (C=O) groups excluding carboxylic acids is 1. The standard InChI is InChI=1S/C32H30N6O2S/c1-40-26-13-11-22(12-14-26)23-17-30(28-9-3-5-16-35-28)37-31(18-23)29-10-6-8-25(36-29)20-38(32(39)27(33)21-41)19-24-7-2-4-15-34-24/h2-18,27,41H,19-21,33H2,1H3. The molecule has 0 spiro atoms. The molecule has 1 unspecified atom stereocenters. The van der Waals surface area contributed by atoms with Crippen LogP contribution in [0, 0.1) is 0 Å². The Morgan fingerprint density at radius 1 is 0.780 bits per heavy atom. The van der Waals surface area contributed by atoms with Gasteiger partial charge in [0.05, 0.1) is 60.4 Å². The van der Waals surface area contributed by atoms with Gasteiger partial charge in [0, 0.05) is 18.1 Å². The largest absolute Gasteiger partial charge is 0.497 e. The van der Waals surface area contributed by atoms with Crippen LogP contribution in [-0.2, 0) is 17.9 Å². The van der Waals surface area contributed by atoms with E-state index in [1.165, 1.54) is 0 Å². The molecule has 0 saturated heterocycles. The summed E-state index contributed by atoms with van der Waals surface area (Å²) in [7, 11) is 1.65. The summed E-state index contributed by atoms with van der Waals surface area (Å²) in [5, 5.41) is 0. The van der Waals surface area contributed by atoms with Crippen LogP contribution in [0.15, 0.2) is 103 Å². The number of nitrogens with two attached hydrogens (primary N) is 1. The van der Waals surface area contributed by atoms with Crippen molar-refractivity contribution < 1.29 is 9.53 Å². The van der Waals surface area contributed by atoms with E-state index in [4.69, 9.17) is 20.4 Å². The monoisotopic (exact) mass is 562 g/mol. The zero-order valence-electron chi connectivity index (χ0n) is 22.6. The van der Waals surface area contributed by atoms with Gasteiger partial charge in [-0.05, 0) is 71.8 Å². The molecule has 0 radical (unpaired) electrons. The predicted octanol–water partition coefficient (Wildman–Crippen LogP) is 5.06. The smallest absolute Gasteiger partial charge is 0.241 e. The van der Waals surface area contributed by atoms with Crippen LogP contribution in [0.2, 0.25) is 0 Å². The molecule has 5 aromatic rings. The number of hydrogen-bond acceptors (Lipinski definition) is 8. The van der Waals surface area contributed by atoms with Crippen LogP contribution in [0.4, 0.5) is 0 Å². The van der Waals surface area contributed by atoms with Crippen molar-refractivity contribution in [3.8, 4) is 39.7 Å². The maximum absolute atomic E-state index is 13.2. The van der Waals surface area contributed by atoms with E-state index >= 15 is 0 Å². The van der Waals surface area contributed by atoms with Gasteiger partial charge in [-0.2, -0.15) is 12.6 Å². The number of aromatic nitrogens is 4. The summed E-state index contributed by atoms with van der Waals surface area (Å²) in [6, 6.07) is 28.2. The third-order valence-corrected chi connectivity index (χ3v) is 6.90. The molecule has 41 heavy (non-hydrogen) atoms. The molecule has 2 N–H and O–H groups in total. The summed E-state index contributed by atoms with van der Waals surface area (Å²) in [4.78, 5) is 33.6. The number of pyridine rings is 4. The van der Waals surface area contributed by atoms with Gasteiger partial charge in [0.15, 0.2) is 0 Å². The summed E-state index contributed by atoms with van der Waals surface area (Å²) in [6.45, 7) is 0.568. The molecule has 8 nitrogen and oxygen atoms in total. The molecule has 4 aromatic heterocycles. The fraction of sp³-hybridized carbons (Fsp3) is 0.156. The van der Waals surface area contributed by atoms with Crippen LogP contribution in [0.3, 0.4) is 0 Å². The molecule has 9 heteroatoms. The van der Waals surface area contributed by atoms with Gasteiger partial charge in [0.2, 0.25) is 5.91 Å². The van der Waals surface area contributed by atoms with E-state index in [1.54, 1.807) is 24.4 Å². The van der Waals surface area contributed by atoms with Gasteiger partial charge in [0.1, 0.15) is 5.75 Å². The quantitative estimate of drug-likeness (QED) is 0.229. The molecule has 206 valence electrons. The third kappa shape index (κ3) is 6.95. The van der Waals surface area contributed by atoms with E-state index in [0.29, 0.717) is 23.6 Å². The molecule has 1 atom stereocenters. The van der Waals surface area contributed by atoms with E-state index in [-0.39, 0.29) is 18.2 Å². The number of amides is 1. The summed E-state index contributed by atoms with van der Waals surface area (Å²) < 4.78 is 5.34. The van der Waals surface area contributed by atoms with Crippen molar-refractivity contribution in [3.63, 3.8) is 0 Å². The Morgan fingerprint density at radius 3 is 2.10 bits per heavy atom. The molecule has 5 rings (SSSR count). The molecule has 0 bridgehead atoms. The number of ether oxygens (including phenoxy) is 1. The third-order valence-electron chi connectivity index (χ3n) is 6.50. The van der Waals surface area contributed by atoms with Crippen molar-refractivity contribution in [1.82, 2.24) is 24.8 Å². The molecule has 0 aliphatic carbocycles. The van der Waals surface area contributed by atoms with Crippen LogP contribution < -0.4 is 10.5 Å². The molecule has 4 heterocycles. The highest BCUT2D eigenvalue weighted by molar-refractivity contribution is 7.80. The topological polar surface area (TPSA) is 107 Å². The summed E-state index contributed by atoms with van der Waals surface area (Å²) in [5.41, 5.74) is 12.4. The van der Waals surface area contributed by atoms with Crippen molar-refractivity contribution in [1.29, 1.82) is 0 Å². The van der Waals surface area contributed by atoms with Crippen molar-refractivity contribution >= 4 is 18.5 Å². The summed E-state index contributed by atoms with van der Waals surface area (Å²) in [6.07, 6.45) is 3.45. The number of hydrogen-bond donors (Lipinski definition) is 2. The fourth-order valence-electron chi connectivity index (χ4n) is 4.37. The van der Waals surface area contributed by atoms with Crippen LogP contribution in [0.25, 0.3) is 33.9 Å². The second-order valence-electron chi connectivity index (χ2n) is 9.39. The van der Waals surface area contributed by atoms with Crippen molar-refractivity contribution in [2.75, 3.05) is 12.9 Å². The Morgan fingerprint density at radius 2 is 1.44 bits per heavy atom. The highest BCUT2D eigenvalue weighted by atomic mass is 32.1. The first-order chi connectivity index (χ1) is 20.0. The molecule has 1 aromatic carbocycles. The number of methoxy groups -OCH3 is 1. The maximum atomic E-state index is 13.2. The maximum Gasteiger partial charge on any atom is 0.241 e. The Labute approximate surface area is 244 Å². The van der Waals surface area contributed by atoms with Crippen LogP contribution >= 0.6 is 12.6 Å². The fourth-order valence-corrected chi connectivity index (χ4v) is 4.53.